The van der Waals surface area contributed by atoms with Crippen molar-refractivity contribution >= 4 is 15.8 Å². The molecule has 0 aromatic carbocycles. The van der Waals surface area contributed by atoms with E-state index in [0.29, 0.717) is 25.6 Å². The SMILES string of the molecule is COCCNc1nc(C)cn1CCS(C)(=O)=O. The maximum Gasteiger partial charge on any atom is 0.203 e. The van der Waals surface area contributed by atoms with Crippen LogP contribution in [0.5, 0.6) is 0 Å². The quantitative estimate of drug-likeness (QED) is 0.714. The van der Waals surface area contributed by atoms with Gasteiger partial charge in [0.15, 0.2) is 0 Å². The van der Waals surface area contributed by atoms with Gasteiger partial charge in [0.25, 0.3) is 0 Å². The fourth-order valence-electron chi connectivity index (χ4n) is 1.39. The minimum absolute atomic E-state index is 0.113. The van der Waals surface area contributed by atoms with Crippen LogP contribution < -0.4 is 5.32 Å². The lowest BCUT2D eigenvalue weighted by atomic mass is 10.6. The van der Waals surface area contributed by atoms with Crippen molar-refractivity contribution in [2.45, 2.75) is 13.5 Å². The summed E-state index contributed by atoms with van der Waals surface area (Å²) in [6.45, 7) is 3.51. The number of imidazole rings is 1. The maximum absolute atomic E-state index is 11.1. The smallest absolute Gasteiger partial charge is 0.203 e. The van der Waals surface area contributed by atoms with Crippen molar-refractivity contribution < 1.29 is 13.2 Å². The van der Waals surface area contributed by atoms with Crippen LogP contribution >= 0.6 is 0 Å². The molecule has 1 heterocycles. The van der Waals surface area contributed by atoms with E-state index in [1.54, 1.807) is 7.11 Å². The predicted molar refractivity (Wildman–Crippen MR) is 67.0 cm³/mol. The van der Waals surface area contributed by atoms with Crippen molar-refractivity contribution in [3.8, 4) is 0 Å². The van der Waals surface area contributed by atoms with E-state index in [1.807, 2.05) is 17.7 Å². The van der Waals surface area contributed by atoms with E-state index in [1.165, 1.54) is 6.26 Å². The fraction of sp³-hybridized carbons (Fsp3) is 0.700. The van der Waals surface area contributed by atoms with Crippen molar-refractivity contribution in [1.29, 1.82) is 0 Å². The molecule has 7 heteroatoms. The summed E-state index contributed by atoms with van der Waals surface area (Å²) in [5.41, 5.74) is 0.860. The molecule has 1 aromatic rings. The highest BCUT2D eigenvalue weighted by Crippen LogP contribution is 2.08. The minimum atomic E-state index is -2.96. The molecule has 0 aliphatic carbocycles. The highest BCUT2D eigenvalue weighted by atomic mass is 32.2. The van der Waals surface area contributed by atoms with Crippen molar-refractivity contribution in [3.63, 3.8) is 0 Å². The Morgan fingerprint density at radius 1 is 1.53 bits per heavy atom. The third kappa shape index (κ3) is 5.18. The Balaban J connectivity index is 2.64. The molecule has 1 aromatic heterocycles. The Bertz CT molecular complexity index is 453. The molecule has 1 rings (SSSR count). The molecule has 0 saturated carbocycles. The number of anilines is 1. The van der Waals surface area contributed by atoms with Gasteiger partial charge in [0.05, 0.1) is 18.1 Å². The van der Waals surface area contributed by atoms with Crippen LogP contribution in [0.3, 0.4) is 0 Å². The minimum Gasteiger partial charge on any atom is -0.383 e. The lowest BCUT2D eigenvalue weighted by molar-refractivity contribution is 0.210. The summed E-state index contributed by atoms with van der Waals surface area (Å²) in [6, 6.07) is 0. The molecule has 0 aliphatic rings. The Hall–Kier alpha value is -1.08. The molecule has 17 heavy (non-hydrogen) atoms. The largest absolute Gasteiger partial charge is 0.383 e. The zero-order chi connectivity index (χ0) is 12.9. The van der Waals surface area contributed by atoms with Gasteiger partial charge in [-0.3, -0.25) is 0 Å². The number of ether oxygens (including phenoxy) is 1. The Morgan fingerprint density at radius 2 is 2.24 bits per heavy atom. The summed E-state index contributed by atoms with van der Waals surface area (Å²) in [7, 11) is -1.33. The van der Waals surface area contributed by atoms with Crippen LogP contribution in [0.25, 0.3) is 0 Å². The van der Waals surface area contributed by atoms with Gasteiger partial charge in [-0.25, -0.2) is 13.4 Å². The second kappa shape index (κ2) is 6.02. The van der Waals surface area contributed by atoms with Gasteiger partial charge >= 0.3 is 0 Å². The van der Waals surface area contributed by atoms with Gasteiger partial charge in [-0.2, -0.15) is 0 Å². The van der Waals surface area contributed by atoms with Crippen LogP contribution in [0.15, 0.2) is 6.20 Å². The second-order valence-electron chi connectivity index (χ2n) is 3.95. The van der Waals surface area contributed by atoms with E-state index in [4.69, 9.17) is 4.74 Å². The van der Waals surface area contributed by atoms with Gasteiger partial charge in [0.1, 0.15) is 9.84 Å². The molecule has 0 atom stereocenters. The standard InChI is InChI=1S/C10H19N3O3S/c1-9-8-13(5-7-17(3,14)15)10(12-9)11-4-6-16-2/h8H,4-7H2,1-3H3,(H,11,12). The first-order valence-corrected chi connectivity index (χ1v) is 7.43. The Labute approximate surface area is 102 Å². The molecular weight excluding hydrogens is 242 g/mol. The normalized spacial score (nSPS) is 11.7. The molecule has 6 nitrogen and oxygen atoms in total. The molecule has 98 valence electrons. The highest BCUT2D eigenvalue weighted by molar-refractivity contribution is 7.90. The summed E-state index contributed by atoms with van der Waals surface area (Å²) in [4.78, 5) is 4.28. The molecular formula is C10H19N3O3S. The summed E-state index contributed by atoms with van der Waals surface area (Å²) < 4.78 is 29.0. The third-order valence-electron chi connectivity index (χ3n) is 2.19. The summed E-state index contributed by atoms with van der Waals surface area (Å²) in [6.07, 6.45) is 3.06. The van der Waals surface area contributed by atoms with Crippen LogP contribution in [0.1, 0.15) is 5.69 Å². The van der Waals surface area contributed by atoms with Gasteiger partial charge in [0.2, 0.25) is 5.95 Å². The van der Waals surface area contributed by atoms with E-state index in [-0.39, 0.29) is 5.75 Å². The first-order chi connectivity index (χ1) is 7.92. The molecule has 0 radical (unpaired) electrons. The van der Waals surface area contributed by atoms with Crippen LogP contribution in [0.2, 0.25) is 0 Å². The van der Waals surface area contributed by atoms with E-state index < -0.39 is 9.84 Å². The van der Waals surface area contributed by atoms with Crippen LogP contribution in [0, 0.1) is 6.92 Å². The Morgan fingerprint density at radius 3 is 2.82 bits per heavy atom. The molecule has 0 spiro atoms. The highest BCUT2D eigenvalue weighted by Gasteiger charge is 2.08. The zero-order valence-corrected chi connectivity index (χ0v) is 11.2. The average molecular weight is 261 g/mol. The average Bonchev–Trinajstić information content (AvgIpc) is 2.56. The lowest BCUT2D eigenvalue weighted by Gasteiger charge is -2.08. The number of nitrogens with one attached hydrogen (secondary N) is 1. The third-order valence-corrected chi connectivity index (χ3v) is 3.11. The van der Waals surface area contributed by atoms with Crippen molar-refractivity contribution in [3.05, 3.63) is 11.9 Å². The monoisotopic (exact) mass is 261 g/mol. The first kappa shape index (κ1) is 14.0. The topological polar surface area (TPSA) is 73.2 Å². The molecule has 0 amide bonds. The maximum atomic E-state index is 11.1. The van der Waals surface area contributed by atoms with E-state index in [9.17, 15) is 8.42 Å². The summed E-state index contributed by atoms with van der Waals surface area (Å²) in [5.74, 6) is 0.796. The van der Waals surface area contributed by atoms with E-state index >= 15 is 0 Å². The van der Waals surface area contributed by atoms with Gasteiger partial charge in [-0.05, 0) is 6.92 Å². The van der Waals surface area contributed by atoms with Gasteiger partial charge < -0.3 is 14.6 Å². The summed E-state index contributed by atoms with van der Waals surface area (Å²) >= 11 is 0. The Kier molecular flexibility index (Phi) is 4.95. The van der Waals surface area contributed by atoms with Crippen LogP contribution in [0.4, 0.5) is 5.95 Å². The zero-order valence-electron chi connectivity index (χ0n) is 10.4. The number of aryl methyl sites for hydroxylation is 2. The molecule has 0 bridgehead atoms. The van der Waals surface area contributed by atoms with Gasteiger partial charge in [-0.1, -0.05) is 0 Å². The van der Waals surface area contributed by atoms with E-state index in [2.05, 4.69) is 10.3 Å². The van der Waals surface area contributed by atoms with Gasteiger partial charge in [0, 0.05) is 32.7 Å². The molecule has 0 saturated heterocycles. The van der Waals surface area contributed by atoms with Crippen molar-refractivity contribution in [1.82, 2.24) is 9.55 Å². The van der Waals surface area contributed by atoms with Crippen LogP contribution in [-0.4, -0.2) is 50.2 Å². The number of hydrogen-bond acceptors (Lipinski definition) is 5. The fourth-order valence-corrected chi connectivity index (χ4v) is 1.92. The molecule has 0 fully saturated rings. The number of nitrogens with zero attached hydrogens (tertiary/aromatic N) is 2. The number of rotatable bonds is 7. The predicted octanol–water partition coefficient (Wildman–Crippen LogP) is 0.294. The van der Waals surface area contributed by atoms with Gasteiger partial charge in [-0.15, -0.1) is 0 Å². The molecule has 1 N–H and O–H groups in total. The lowest BCUT2D eigenvalue weighted by Crippen LogP contribution is -2.15. The number of methoxy groups -OCH3 is 1. The van der Waals surface area contributed by atoms with Crippen molar-refractivity contribution in [2.75, 3.05) is 37.6 Å². The van der Waals surface area contributed by atoms with E-state index in [0.717, 1.165) is 5.69 Å². The number of hydrogen-bond donors (Lipinski definition) is 1. The summed E-state index contributed by atoms with van der Waals surface area (Å²) in [5, 5.41) is 3.10. The number of sulfone groups is 1. The van der Waals surface area contributed by atoms with Crippen molar-refractivity contribution in [2.24, 2.45) is 0 Å². The van der Waals surface area contributed by atoms with Crippen LogP contribution in [-0.2, 0) is 21.1 Å². The first-order valence-electron chi connectivity index (χ1n) is 5.36. The number of aromatic nitrogens is 2. The molecule has 0 unspecified atom stereocenters. The second-order valence-corrected chi connectivity index (χ2v) is 6.21. The molecule has 0 aliphatic heterocycles.